The van der Waals surface area contributed by atoms with Crippen LogP contribution in [0.3, 0.4) is 0 Å². The van der Waals surface area contributed by atoms with E-state index in [1.165, 1.54) is 12.1 Å². The molecule has 8 heteroatoms. The third-order valence-electron chi connectivity index (χ3n) is 3.71. The Morgan fingerprint density at radius 2 is 1.87 bits per heavy atom. The Labute approximate surface area is 150 Å². The van der Waals surface area contributed by atoms with Gasteiger partial charge >= 0.3 is 0 Å². The molecule has 0 unspecified atom stereocenters. The number of anilines is 1. The lowest BCUT2D eigenvalue weighted by molar-refractivity contribution is -0.133. The molecule has 2 amide bonds. The van der Waals surface area contributed by atoms with Gasteiger partial charge < -0.3 is 10.2 Å². The van der Waals surface area contributed by atoms with E-state index in [1.807, 2.05) is 4.90 Å². The standard InChI is InChI=1S/C15H18Cl3N3O2/c1-20(2)15(23)12-4-3-5-21(12)8-13(22)19-14-10(17)6-9(16)7-11(14)18/h6-7,12H,3-5,8H2,1-2H3,(H,19,22)/t12-/m0/s1. The number of carbonyl (C=O) groups excluding carboxylic acids is 2. The van der Waals surface area contributed by atoms with E-state index in [0.717, 1.165) is 12.8 Å². The van der Waals surface area contributed by atoms with Crippen molar-refractivity contribution in [1.82, 2.24) is 9.80 Å². The molecule has 2 rings (SSSR count). The normalized spacial score (nSPS) is 18.0. The highest BCUT2D eigenvalue weighted by atomic mass is 35.5. The van der Waals surface area contributed by atoms with Gasteiger partial charge in [-0.05, 0) is 31.5 Å². The number of hydrogen-bond acceptors (Lipinski definition) is 3. The molecule has 0 aromatic heterocycles. The molecule has 1 aliphatic rings. The van der Waals surface area contributed by atoms with E-state index in [2.05, 4.69) is 5.32 Å². The fourth-order valence-electron chi connectivity index (χ4n) is 2.62. The summed E-state index contributed by atoms with van der Waals surface area (Å²) in [5.74, 6) is -0.257. The van der Waals surface area contributed by atoms with E-state index in [4.69, 9.17) is 34.8 Å². The smallest absolute Gasteiger partial charge is 0.239 e. The minimum atomic E-state index is -0.269. The number of hydrogen-bond donors (Lipinski definition) is 1. The SMILES string of the molecule is CN(C)C(=O)[C@@H]1CCCN1CC(=O)Nc1c(Cl)cc(Cl)cc1Cl. The number of likely N-dealkylation sites (tertiary alicyclic amines) is 1. The fourth-order valence-corrected chi connectivity index (χ4v) is 3.53. The fraction of sp³-hybridized carbons (Fsp3) is 0.467. The summed E-state index contributed by atoms with van der Waals surface area (Å²) in [5, 5.41) is 3.64. The van der Waals surface area contributed by atoms with Crippen LogP contribution < -0.4 is 5.32 Å². The Hall–Kier alpha value is -1.01. The summed E-state index contributed by atoms with van der Waals surface area (Å²) < 4.78 is 0. The number of halogens is 3. The second kappa shape index (κ2) is 7.71. The van der Waals surface area contributed by atoms with Crippen molar-refractivity contribution in [3.05, 3.63) is 27.2 Å². The van der Waals surface area contributed by atoms with Gasteiger partial charge in [-0.1, -0.05) is 34.8 Å². The van der Waals surface area contributed by atoms with E-state index < -0.39 is 0 Å². The van der Waals surface area contributed by atoms with Gasteiger partial charge in [-0.25, -0.2) is 0 Å². The molecule has 5 nitrogen and oxygen atoms in total. The Bertz CT molecular complexity index is 599. The first-order valence-electron chi connectivity index (χ1n) is 7.19. The van der Waals surface area contributed by atoms with Crippen LogP contribution in [0.25, 0.3) is 0 Å². The van der Waals surface area contributed by atoms with Gasteiger partial charge in [0.15, 0.2) is 0 Å². The van der Waals surface area contributed by atoms with Crippen molar-refractivity contribution >= 4 is 52.3 Å². The molecule has 0 spiro atoms. The summed E-state index contributed by atoms with van der Waals surface area (Å²) >= 11 is 18.0. The van der Waals surface area contributed by atoms with Gasteiger partial charge in [0.25, 0.3) is 0 Å². The van der Waals surface area contributed by atoms with Gasteiger partial charge in [-0.3, -0.25) is 14.5 Å². The Morgan fingerprint density at radius 3 is 2.43 bits per heavy atom. The summed E-state index contributed by atoms with van der Waals surface area (Å²) in [6, 6.07) is 2.77. The first kappa shape index (κ1) is 18.3. The van der Waals surface area contributed by atoms with Crippen molar-refractivity contribution in [1.29, 1.82) is 0 Å². The lowest BCUT2D eigenvalue weighted by atomic mass is 10.2. The largest absolute Gasteiger partial charge is 0.347 e. The predicted octanol–water partition coefficient (Wildman–Crippen LogP) is 3.14. The lowest BCUT2D eigenvalue weighted by Gasteiger charge is -2.25. The highest BCUT2D eigenvalue weighted by molar-refractivity contribution is 6.42. The number of nitrogens with one attached hydrogen (secondary N) is 1. The second-order valence-electron chi connectivity index (χ2n) is 5.65. The van der Waals surface area contributed by atoms with Crippen LogP contribution in [0, 0.1) is 0 Å². The molecule has 0 aliphatic carbocycles. The minimum absolute atomic E-state index is 0.0119. The highest BCUT2D eigenvalue weighted by Crippen LogP contribution is 2.33. The van der Waals surface area contributed by atoms with E-state index >= 15 is 0 Å². The first-order chi connectivity index (χ1) is 10.8. The molecule has 0 saturated carbocycles. The van der Waals surface area contributed by atoms with Crippen molar-refractivity contribution in [2.24, 2.45) is 0 Å². The number of benzene rings is 1. The van der Waals surface area contributed by atoms with Crippen molar-refractivity contribution < 1.29 is 9.59 Å². The van der Waals surface area contributed by atoms with Crippen LogP contribution in [0.4, 0.5) is 5.69 Å². The summed E-state index contributed by atoms with van der Waals surface area (Å²) in [6.45, 7) is 0.819. The summed E-state index contributed by atoms with van der Waals surface area (Å²) in [5.41, 5.74) is 0.331. The molecule has 1 N–H and O–H groups in total. The van der Waals surface area contributed by atoms with Gasteiger partial charge in [-0.15, -0.1) is 0 Å². The van der Waals surface area contributed by atoms with Gasteiger partial charge in [0.2, 0.25) is 11.8 Å². The average molecular weight is 379 g/mol. The predicted molar refractivity (Wildman–Crippen MR) is 93.4 cm³/mol. The van der Waals surface area contributed by atoms with Crippen LogP contribution in [-0.2, 0) is 9.59 Å². The minimum Gasteiger partial charge on any atom is -0.347 e. The number of rotatable bonds is 4. The molecule has 1 fully saturated rings. The maximum atomic E-state index is 12.3. The molecule has 1 aromatic rings. The molecule has 1 saturated heterocycles. The molecule has 1 aromatic carbocycles. The van der Waals surface area contributed by atoms with Gasteiger partial charge in [0.05, 0.1) is 28.3 Å². The van der Waals surface area contributed by atoms with Crippen molar-refractivity contribution in [2.75, 3.05) is 32.5 Å². The third kappa shape index (κ3) is 4.51. The average Bonchev–Trinajstić information content (AvgIpc) is 2.89. The quantitative estimate of drug-likeness (QED) is 0.876. The lowest BCUT2D eigenvalue weighted by Crippen LogP contribution is -2.45. The van der Waals surface area contributed by atoms with E-state index in [1.54, 1.807) is 19.0 Å². The maximum Gasteiger partial charge on any atom is 0.239 e. The summed E-state index contributed by atoms with van der Waals surface area (Å²) in [6.07, 6.45) is 1.65. The zero-order chi connectivity index (χ0) is 17.1. The molecule has 23 heavy (non-hydrogen) atoms. The van der Waals surface area contributed by atoms with Crippen LogP contribution in [0.1, 0.15) is 12.8 Å². The summed E-state index contributed by atoms with van der Waals surface area (Å²) in [7, 11) is 3.43. The molecular formula is C15H18Cl3N3O2. The van der Waals surface area contributed by atoms with Crippen LogP contribution >= 0.6 is 34.8 Å². The van der Waals surface area contributed by atoms with Crippen molar-refractivity contribution in [3.63, 3.8) is 0 Å². The molecule has 1 atom stereocenters. The van der Waals surface area contributed by atoms with Gasteiger partial charge in [0.1, 0.15) is 0 Å². The van der Waals surface area contributed by atoms with Crippen LogP contribution in [-0.4, -0.2) is 54.8 Å². The highest BCUT2D eigenvalue weighted by Gasteiger charge is 2.32. The van der Waals surface area contributed by atoms with Crippen molar-refractivity contribution in [2.45, 2.75) is 18.9 Å². The third-order valence-corrected chi connectivity index (χ3v) is 4.52. The van der Waals surface area contributed by atoms with Crippen LogP contribution in [0.2, 0.25) is 15.1 Å². The molecule has 1 aliphatic heterocycles. The second-order valence-corrected chi connectivity index (χ2v) is 6.90. The van der Waals surface area contributed by atoms with Gasteiger partial charge in [0, 0.05) is 19.1 Å². The molecule has 1 heterocycles. The molecular weight excluding hydrogens is 361 g/mol. The van der Waals surface area contributed by atoms with Crippen LogP contribution in [0.15, 0.2) is 12.1 Å². The van der Waals surface area contributed by atoms with Crippen LogP contribution in [0.5, 0.6) is 0 Å². The van der Waals surface area contributed by atoms with E-state index in [9.17, 15) is 9.59 Å². The topological polar surface area (TPSA) is 52.7 Å². The summed E-state index contributed by atoms with van der Waals surface area (Å²) in [4.78, 5) is 27.8. The van der Waals surface area contributed by atoms with Crippen molar-refractivity contribution in [3.8, 4) is 0 Å². The maximum absolute atomic E-state index is 12.3. The first-order valence-corrected chi connectivity index (χ1v) is 8.32. The number of amides is 2. The zero-order valence-electron chi connectivity index (χ0n) is 12.9. The molecule has 126 valence electrons. The Morgan fingerprint density at radius 1 is 1.26 bits per heavy atom. The number of nitrogens with zero attached hydrogens (tertiary/aromatic N) is 2. The van der Waals surface area contributed by atoms with Gasteiger partial charge in [-0.2, -0.15) is 0 Å². The Kier molecular flexibility index (Phi) is 6.14. The molecule has 0 radical (unpaired) electrons. The number of carbonyl (C=O) groups is 2. The number of likely N-dealkylation sites (N-methyl/N-ethyl adjacent to an activating group) is 1. The monoisotopic (exact) mass is 377 g/mol. The van der Waals surface area contributed by atoms with E-state index in [-0.39, 0.29) is 34.4 Å². The zero-order valence-corrected chi connectivity index (χ0v) is 15.2. The Balaban J connectivity index is 2.04. The van der Waals surface area contributed by atoms with E-state index in [0.29, 0.717) is 17.3 Å². The molecule has 0 bridgehead atoms.